The maximum Gasteiger partial charge on any atom is 0.414 e. The third-order valence-corrected chi connectivity index (χ3v) is 5.55. The molecular formula is C18H20N2O6S. The lowest BCUT2D eigenvalue weighted by atomic mass is 10.3. The second-order valence-corrected chi connectivity index (χ2v) is 7.56. The molecule has 8 nitrogen and oxygen atoms in total. The Hall–Kier alpha value is -2.78. The first kappa shape index (κ1) is 19.0. The van der Waals surface area contributed by atoms with Gasteiger partial charge in [-0.2, -0.15) is 0 Å². The molecule has 1 fully saturated rings. The fourth-order valence-electron chi connectivity index (χ4n) is 2.72. The van der Waals surface area contributed by atoms with E-state index in [2.05, 4.69) is 4.72 Å². The van der Waals surface area contributed by atoms with E-state index in [-0.39, 0.29) is 23.7 Å². The Labute approximate surface area is 157 Å². The third kappa shape index (κ3) is 4.15. The van der Waals surface area contributed by atoms with Gasteiger partial charge >= 0.3 is 6.09 Å². The number of nitrogens with one attached hydrogen (secondary N) is 1. The van der Waals surface area contributed by atoms with Crippen LogP contribution < -0.4 is 19.1 Å². The standard InChI is InChI=1S/C18H20N2O6S/c1-24-14-8-9-16(25-2)17(10-14)27(22,23)19-11-15-12-20(18(21)26-15)13-6-4-3-5-7-13/h3-10,15,19H,11-12H2,1-2H3. The van der Waals surface area contributed by atoms with Crippen molar-refractivity contribution < 1.29 is 27.4 Å². The van der Waals surface area contributed by atoms with Crippen LogP contribution in [0.3, 0.4) is 0 Å². The van der Waals surface area contributed by atoms with Crippen molar-refractivity contribution >= 4 is 21.8 Å². The van der Waals surface area contributed by atoms with Crippen molar-refractivity contribution in [1.29, 1.82) is 0 Å². The first-order chi connectivity index (χ1) is 12.9. The molecule has 0 spiro atoms. The van der Waals surface area contributed by atoms with Gasteiger partial charge in [-0.3, -0.25) is 4.90 Å². The summed E-state index contributed by atoms with van der Waals surface area (Å²) in [7, 11) is -1.06. The number of carbonyl (C=O) groups excluding carboxylic acids is 1. The van der Waals surface area contributed by atoms with Crippen LogP contribution in [0.15, 0.2) is 53.4 Å². The maximum atomic E-state index is 12.7. The molecule has 1 aliphatic heterocycles. The van der Waals surface area contributed by atoms with Crippen LogP contribution in [0.5, 0.6) is 11.5 Å². The van der Waals surface area contributed by atoms with Crippen LogP contribution in [0.1, 0.15) is 0 Å². The van der Waals surface area contributed by atoms with Gasteiger partial charge in [-0.15, -0.1) is 0 Å². The molecule has 1 atom stereocenters. The molecule has 1 N–H and O–H groups in total. The number of ether oxygens (including phenoxy) is 3. The van der Waals surface area contributed by atoms with Gasteiger partial charge in [0.15, 0.2) is 0 Å². The van der Waals surface area contributed by atoms with E-state index in [9.17, 15) is 13.2 Å². The molecule has 27 heavy (non-hydrogen) atoms. The topological polar surface area (TPSA) is 94.2 Å². The molecule has 1 heterocycles. The highest BCUT2D eigenvalue weighted by Gasteiger charge is 2.33. The molecule has 2 aromatic rings. The summed E-state index contributed by atoms with van der Waals surface area (Å²) in [5.74, 6) is 0.580. The number of anilines is 1. The predicted molar refractivity (Wildman–Crippen MR) is 98.8 cm³/mol. The monoisotopic (exact) mass is 392 g/mol. The fourth-order valence-corrected chi connectivity index (χ4v) is 3.97. The summed E-state index contributed by atoms with van der Waals surface area (Å²) in [5, 5.41) is 0. The molecule has 0 radical (unpaired) electrons. The van der Waals surface area contributed by atoms with Gasteiger partial charge in [-0.25, -0.2) is 17.9 Å². The van der Waals surface area contributed by atoms with E-state index in [4.69, 9.17) is 14.2 Å². The molecule has 2 aromatic carbocycles. The van der Waals surface area contributed by atoms with Gasteiger partial charge in [0.2, 0.25) is 10.0 Å². The minimum atomic E-state index is -3.89. The number of hydrogen-bond acceptors (Lipinski definition) is 6. The SMILES string of the molecule is COc1ccc(OC)c(S(=O)(=O)NCC2CN(c3ccccc3)C(=O)O2)c1. The van der Waals surface area contributed by atoms with Crippen molar-refractivity contribution in [2.24, 2.45) is 0 Å². The molecule has 0 bridgehead atoms. The van der Waals surface area contributed by atoms with Crippen molar-refractivity contribution in [3.05, 3.63) is 48.5 Å². The normalized spacial score (nSPS) is 16.9. The Bertz CT molecular complexity index is 917. The van der Waals surface area contributed by atoms with Gasteiger partial charge in [0.1, 0.15) is 22.5 Å². The van der Waals surface area contributed by atoms with Crippen molar-refractivity contribution in [1.82, 2.24) is 4.72 Å². The lowest BCUT2D eigenvalue weighted by Gasteiger charge is -2.14. The number of sulfonamides is 1. The van der Waals surface area contributed by atoms with Crippen molar-refractivity contribution in [3.63, 3.8) is 0 Å². The highest BCUT2D eigenvalue weighted by molar-refractivity contribution is 7.89. The van der Waals surface area contributed by atoms with E-state index in [1.807, 2.05) is 18.2 Å². The average molecular weight is 392 g/mol. The van der Waals surface area contributed by atoms with Crippen LogP contribution in [0.2, 0.25) is 0 Å². The molecule has 0 aromatic heterocycles. The molecule has 0 aliphatic carbocycles. The van der Waals surface area contributed by atoms with Gasteiger partial charge in [-0.1, -0.05) is 18.2 Å². The molecule has 1 unspecified atom stereocenters. The minimum Gasteiger partial charge on any atom is -0.497 e. The lowest BCUT2D eigenvalue weighted by molar-refractivity contribution is 0.143. The van der Waals surface area contributed by atoms with Crippen molar-refractivity contribution in [2.45, 2.75) is 11.0 Å². The lowest BCUT2D eigenvalue weighted by Crippen LogP contribution is -2.34. The molecule has 144 valence electrons. The van der Waals surface area contributed by atoms with E-state index < -0.39 is 22.2 Å². The molecule has 1 saturated heterocycles. The van der Waals surface area contributed by atoms with E-state index in [0.29, 0.717) is 11.4 Å². The van der Waals surface area contributed by atoms with E-state index in [1.165, 1.54) is 31.3 Å². The van der Waals surface area contributed by atoms with E-state index in [0.717, 1.165) is 0 Å². The summed E-state index contributed by atoms with van der Waals surface area (Å²) in [4.78, 5) is 13.5. The van der Waals surface area contributed by atoms with Gasteiger partial charge in [-0.05, 0) is 24.3 Å². The predicted octanol–water partition coefficient (Wildman–Crippen LogP) is 2.01. The van der Waals surface area contributed by atoms with Crippen molar-refractivity contribution in [2.75, 3.05) is 32.2 Å². The number of hydrogen-bond donors (Lipinski definition) is 1. The van der Waals surface area contributed by atoms with Gasteiger partial charge in [0.25, 0.3) is 0 Å². The summed E-state index contributed by atoms with van der Waals surface area (Å²) in [6.07, 6.45) is -1.12. The Morgan fingerprint density at radius 1 is 1.15 bits per heavy atom. The van der Waals surface area contributed by atoms with Gasteiger partial charge < -0.3 is 14.2 Å². The maximum absolute atomic E-state index is 12.7. The zero-order valence-corrected chi connectivity index (χ0v) is 15.7. The average Bonchev–Trinajstić information content (AvgIpc) is 3.07. The van der Waals surface area contributed by atoms with Gasteiger partial charge in [0.05, 0.1) is 20.8 Å². The van der Waals surface area contributed by atoms with Crippen LogP contribution in [-0.2, 0) is 14.8 Å². The zero-order valence-electron chi connectivity index (χ0n) is 14.9. The summed E-state index contributed by atoms with van der Waals surface area (Å²) in [6, 6.07) is 13.5. The van der Waals surface area contributed by atoms with Crippen LogP contribution >= 0.6 is 0 Å². The minimum absolute atomic E-state index is 0.0476. The number of para-hydroxylation sites is 1. The van der Waals surface area contributed by atoms with Gasteiger partial charge in [0, 0.05) is 18.3 Å². The number of benzene rings is 2. The highest BCUT2D eigenvalue weighted by Crippen LogP contribution is 2.28. The van der Waals surface area contributed by atoms with E-state index >= 15 is 0 Å². The fraction of sp³-hybridized carbons (Fsp3) is 0.278. The van der Waals surface area contributed by atoms with Crippen molar-refractivity contribution in [3.8, 4) is 11.5 Å². The highest BCUT2D eigenvalue weighted by atomic mass is 32.2. The quantitative estimate of drug-likeness (QED) is 0.775. The summed E-state index contributed by atoms with van der Waals surface area (Å²) >= 11 is 0. The van der Waals surface area contributed by atoms with E-state index in [1.54, 1.807) is 18.2 Å². The first-order valence-electron chi connectivity index (χ1n) is 8.19. The van der Waals surface area contributed by atoms with Crippen LogP contribution in [0, 0.1) is 0 Å². The van der Waals surface area contributed by atoms with Crippen LogP contribution in [0.25, 0.3) is 0 Å². The number of nitrogens with zero attached hydrogens (tertiary/aromatic N) is 1. The smallest absolute Gasteiger partial charge is 0.414 e. The number of methoxy groups -OCH3 is 2. The van der Waals surface area contributed by atoms with Crippen LogP contribution in [0.4, 0.5) is 10.5 Å². The number of carbonyl (C=O) groups is 1. The Kier molecular flexibility index (Phi) is 5.52. The summed E-state index contributed by atoms with van der Waals surface area (Å²) in [6.45, 7) is 0.193. The number of rotatable bonds is 7. The molecule has 9 heteroatoms. The van der Waals surface area contributed by atoms with Crippen LogP contribution in [-0.4, -0.2) is 47.9 Å². The Balaban J connectivity index is 1.71. The molecule has 0 saturated carbocycles. The summed E-state index contributed by atoms with van der Waals surface area (Å²) < 4.78 is 43.3. The number of cyclic esters (lactones) is 1. The largest absolute Gasteiger partial charge is 0.497 e. The third-order valence-electron chi connectivity index (χ3n) is 4.10. The Morgan fingerprint density at radius 3 is 2.56 bits per heavy atom. The number of amides is 1. The molecule has 3 rings (SSSR count). The first-order valence-corrected chi connectivity index (χ1v) is 9.68. The molecule has 1 aliphatic rings. The molecule has 1 amide bonds. The zero-order chi connectivity index (χ0) is 19.4. The Morgan fingerprint density at radius 2 is 1.89 bits per heavy atom. The second-order valence-electron chi connectivity index (χ2n) is 5.82. The second kappa shape index (κ2) is 7.85. The summed E-state index contributed by atoms with van der Waals surface area (Å²) in [5.41, 5.74) is 0.697. The molecular weight excluding hydrogens is 372 g/mol.